The van der Waals surface area contributed by atoms with Crippen LogP contribution < -0.4 is 0 Å². The maximum absolute atomic E-state index is 14.2. The van der Waals surface area contributed by atoms with Crippen molar-refractivity contribution in [2.45, 2.75) is 37.4 Å². The number of aryl methyl sites for hydroxylation is 1. The van der Waals surface area contributed by atoms with Gasteiger partial charge in [-0.15, -0.1) is 5.10 Å². The second kappa shape index (κ2) is 10.7. The molecule has 2 aromatic heterocycles. The molecular formula is C23H19Cl4FN6O4. The Morgan fingerprint density at radius 1 is 1.05 bits per heavy atom. The van der Waals surface area contributed by atoms with Crippen LogP contribution in [0.15, 0.2) is 36.5 Å². The third kappa shape index (κ3) is 4.89. The summed E-state index contributed by atoms with van der Waals surface area (Å²) in [5.74, 6) is -0.245. The molecule has 1 fully saturated rings. The number of aliphatic hydroxyl groups is 3. The van der Waals surface area contributed by atoms with E-state index < -0.39 is 42.9 Å². The maximum atomic E-state index is 14.2. The van der Waals surface area contributed by atoms with Crippen molar-refractivity contribution in [1.29, 1.82) is 0 Å². The van der Waals surface area contributed by atoms with E-state index in [0.717, 1.165) is 6.07 Å². The van der Waals surface area contributed by atoms with Crippen LogP contribution in [-0.4, -0.2) is 70.0 Å². The minimum absolute atomic E-state index is 0.0165. The molecule has 15 heteroatoms. The number of aromatic nitrogens is 6. The summed E-state index contributed by atoms with van der Waals surface area (Å²) in [6, 6.07) is 6.17. The molecule has 0 radical (unpaired) electrons. The molecule has 0 amide bonds. The molecule has 0 bridgehead atoms. The summed E-state index contributed by atoms with van der Waals surface area (Å²) in [4.78, 5) is 4.42. The lowest BCUT2D eigenvalue weighted by Gasteiger charge is -2.41. The van der Waals surface area contributed by atoms with Crippen LogP contribution in [0.25, 0.3) is 16.9 Å². The quantitative estimate of drug-likeness (QED) is 0.292. The van der Waals surface area contributed by atoms with Crippen LogP contribution in [0.5, 0.6) is 0 Å². The summed E-state index contributed by atoms with van der Waals surface area (Å²) in [6.07, 6.45) is -3.78. The Bertz CT molecular complexity index is 1480. The van der Waals surface area contributed by atoms with Crippen LogP contribution >= 0.6 is 46.4 Å². The van der Waals surface area contributed by atoms with Crippen LogP contribution in [0.2, 0.25) is 20.1 Å². The topological polar surface area (TPSA) is 131 Å². The highest BCUT2D eigenvalue weighted by atomic mass is 35.5. The van der Waals surface area contributed by atoms with Gasteiger partial charge in [0.2, 0.25) is 0 Å². The molecule has 0 unspecified atom stereocenters. The fourth-order valence-electron chi connectivity index (χ4n) is 4.33. The first-order valence-corrected chi connectivity index (χ1v) is 12.7. The molecule has 5 atom stereocenters. The van der Waals surface area contributed by atoms with E-state index in [1.807, 2.05) is 0 Å². The number of hydrogen-bond acceptors (Lipinski definition) is 8. The number of benzene rings is 2. The maximum Gasteiger partial charge on any atom is 0.164 e. The first-order chi connectivity index (χ1) is 18.1. The highest BCUT2D eigenvalue weighted by Gasteiger charge is 2.48. The Hall–Kier alpha value is -2.35. The van der Waals surface area contributed by atoms with Crippen molar-refractivity contribution in [1.82, 2.24) is 29.8 Å². The van der Waals surface area contributed by atoms with Gasteiger partial charge in [-0.25, -0.2) is 18.7 Å². The minimum Gasteiger partial charge on any atom is -0.394 e. The molecule has 5 rings (SSSR count). The second-order valence-electron chi connectivity index (χ2n) is 8.61. The average Bonchev–Trinajstić information content (AvgIpc) is 3.51. The van der Waals surface area contributed by atoms with Crippen molar-refractivity contribution < 1.29 is 24.4 Å². The first-order valence-electron chi connectivity index (χ1n) is 11.2. The molecule has 0 spiro atoms. The van der Waals surface area contributed by atoms with E-state index in [-0.39, 0.29) is 27.1 Å². The van der Waals surface area contributed by atoms with Gasteiger partial charge >= 0.3 is 0 Å². The molecule has 1 aliphatic rings. The highest BCUT2D eigenvalue weighted by molar-refractivity contribution is 6.42. The number of rotatable bonds is 5. The fourth-order valence-corrected chi connectivity index (χ4v) is 5.01. The number of ether oxygens (including phenoxy) is 1. The van der Waals surface area contributed by atoms with Crippen molar-refractivity contribution in [3.63, 3.8) is 0 Å². The van der Waals surface area contributed by atoms with Gasteiger partial charge in [0.1, 0.15) is 47.8 Å². The average molecular weight is 604 g/mol. The van der Waals surface area contributed by atoms with E-state index in [1.54, 1.807) is 25.1 Å². The highest BCUT2D eigenvalue weighted by Crippen LogP contribution is 2.39. The summed E-state index contributed by atoms with van der Waals surface area (Å²) in [7, 11) is 0. The molecule has 200 valence electrons. The Morgan fingerprint density at radius 2 is 1.82 bits per heavy atom. The molecule has 1 aliphatic heterocycles. The SMILES string of the molecule is Cc1nc([C@@H]2O[C@H](CO)[C@H](O)[C@H](n3cc(-c4cc(F)c(Cl)c(Cl)c4)nn3)[C@H]2O)n(-c2cc(Cl)ccc2Cl)n1. The molecule has 4 aromatic rings. The molecule has 38 heavy (non-hydrogen) atoms. The summed E-state index contributed by atoms with van der Waals surface area (Å²) < 4.78 is 22.6. The molecule has 10 nitrogen and oxygen atoms in total. The van der Waals surface area contributed by atoms with Gasteiger partial charge in [0.05, 0.1) is 33.6 Å². The zero-order valence-electron chi connectivity index (χ0n) is 19.4. The fraction of sp³-hybridized carbons (Fsp3) is 0.304. The van der Waals surface area contributed by atoms with E-state index in [2.05, 4.69) is 20.4 Å². The monoisotopic (exact) mass is 602 g/mol. The van der Waals surface area contributed by atoms with Gasteiger partial charge in [0.15, 0.2) is 5.82 Å². The molecule has 0 aliphatic carbocycles. The van der Waals surface area contributed by atoms with Crippen LogP contribution in [0.4, 0.5) is 4.39 Å². The Kier molecular flexibility index (Phi) is 7.64. The lowest BCUT2D eigenvalue weighted by Crippen LogP contribution is -2.53. The van der Waals surface area contributed by atoms with E-state index in [1.165, 1.54) is 21.6 Å². The van der Waals surface area contributed by atoms with E-state index >= 15 is 0 Å². The predicted molar refractivity (Wildman–Crippen MR) is 137 cm³/mol. The van der Waals surface area contributed by atoms with Gasteiger partial charge in [-0.3, -0.25) is 0 Å². The van der Waals surface area contributed by atoms with Crippen LogP contribution in [0.1, 0.15) is 23.8 Å². The Labute approximate surface area is 235 Å². The van der Waals surface area contributed by atoms with Crippen LogP contribution in [0, 0.1) is 12.7 Å². The molecular weight excluding hydrogens is 585 g/mol. The zero-order valence-corrected chi connectivity index (χ0v) is 22.4. The zero-order chi connectivity index (χ0) is 27.3. The molecule has 1 saturated heterocycles. The van der Waals surface area contributed by atoms with Gasteiger partial charge in [0.25, 0.3) is 0 Å². The lowest BCUT2D eigenvalue weighted by atomic mass is 9.92. The Balaban J connectivity index is 1.55. The second-order valence-corrected chi connectivity index (χ2v) is 10.2. The van der Waals surface area contributed by atoms with Gasteiger partial charge < -0.3 is 20.1 Å². The number of aliphatic hydroxyl groups excluding tert-OH is 3. The third-order valence-corrected chi connectivity index (χ3v) is 7.45. The number of nitrogens with zero attached hydrogens (tertiary/aromatic N) is 6. The van der Waals surface area contributed by atoms with Crippen molar-refractivity contribution in [3.05, 3.63) is 74.1 Å². The van der Waals surface area contributed by atoms with Crippen molar-refractivity contribution in [2.24, 2.45) is 0 Å². The van der Waals surface area contributed by atoms with Crippen molar-refractivity contribution in [3.8, 4) is 16.9 Å². The van der Waals surface area contributed by atoms with E-state index in [0.29, 0.717) is 21.6 Å². The van der Waals surface area contributed by atoms with Crippen LogP contribution in [0.3, 0.4) is 0 Å². The summed E-state index contributed by atoms with van der Waals surface area (Å²) in [5, 5.41) is 45.3. The molecule has 0 saturated carbocycles. The normalized spacial score (nSPS) is 23.7. The van der Waals surface area contributed by atoms with Gasteiger partial charge in [-0.1, -0.05) is 51.6 Å². The smallest absolute Gasteiger partial charge is 0.164 e. The largest absolute Gasteiger partial charge is 0.394 e. The molecule has 3 N–H and O–H groups in total. The van der Waals surface area contributed by atoms with E-state index in [9.17, 15) is 19.7 Å². The number of halogens is 5. The van der Waals surface area contributed by atoms with E-state index in [4.69, 9.17) is 51.1 Å². The van der Waals surface area contributed by atoms with Gasteiger partial charge in [-0.2, -0.15) is 5.10 Å². The van der Waals surface area contributed by atoms with Crippen LogP contribution in [-0.2, 0) is 4.74 Å². The van der Waals surface area contributed by atoms with Gasteiger partial charge in [0, 0.05) is 10.6 Å². The number of hydrogen-bond donors (Lipinski definition) is 3. The predicted octanol–water partition coefficient (Wildman–Crippen LogP) is 3.98. The standard InChI is InChI=1S/C23H19Cl4FN6O4/c1-9-29-23(34(31-9)16-6-11(24)2-3-12(16)25)22-21(37)19(20(36)17(8-35)38-22)33-7-15(30-32-33)10-4-13(26)18(27)14(28)5-10/h2-7,17,19-22,35-37H,8H2,1H3/t17-,19+,20+,21-,22-/m1/s1. The third-order valence-electron chi connectivity index (χ3n) is 6.12. The lowest BCUT2D eigenvalue weighted by molar-refractivity contribution is -0.210. The minimum atomic E-state index is -1.45. The first kappa shape index (κ1) is 27.2. The summed E-state index contributed by atoms with van der Waals surface area (Å²) in [6.45, 7) is 1.06. The summed E-state index contributed by atoms with van der Waals surface area (Å²) in [5.41, 5.74) is 0.870. The van der Waals surface area contributed by atoms with Crippen molar-refractivity contribution in [2.75, 3.05) is 6.61 Å². The van der Waals surface area contributed by atoms with Gasteiger partial charge in [-0.05, 0) is 37.3 Å². The summed E-state index contributed by atoms with van der Waals surface area (Å²) >= 11 is 24.4. The Morgan fingerprint density at radius 3 is 2.53 bits per heavy atom. The van der Waals surface area contributed by atoms with Crippen molar-refractivity contribution >= 4 is 46.4 Å². The molecule has 2 aromatic carbocycles. The molecule has 3 heterocycles.